The Bertz CT molecular complexity index is 210. The fourth-order valence-corrected chi connectivity index (χ4v) is 2.63. The summed E-state index contributed by atoms with van der Waals surface area (Å²) in [5.41, 5.74) is 0. The standard InChI is InChI=1S/C14H25O3/c15-11-5-10-13(14(16)17)9-4-8-12-6-2-1-3-7-12/h13,15H,1-11H2,(H,16,17). The van der Waals surface area contributed by atoms with Crippen LogP contribution in [0.3, 0.4) is 0 Å². The first kappa shape index (κ1) is 14.5. The third kappa shape index (κ3) is 6.06. The van der Waals surface area contributed by atoms with Gasteiger partial charge in [0, 0.05) is 6.61 Å². The molecule has 1 saturated carbocycles. The van der Waals surface area contributed by atoms with Gasteiger partial charge in [-0.3, -0.25) is 4.79 Å². The van der Waals surface area contributed by atoms with E-state index in [1.54, 1.807) is 5.92 Å². The van der Waals surface area contributed by atoms with Crippen molar-refractivity contribution in [1.82, 2.24) is 0 Å². The quantitative estimate of drug-likeness (QED) is 0.686. The highest BCUT2D eigenvalue weighted by atomic mass is 16.4. The molecular weight excluding hydrogens is 216 g/mol. The van der Waals surface area contributed by atoms with Crippen molar-refractivity contribution in [2.24, 2.45) is 5.92 Å². The Morgan fingerprint density at radius 3 is 2.35 bits per heavy atom. The van der Waals surface area contributed by atoms with Crippen LogP contribution in [0.5, 0.6) is 0 Å². The van der Waals surface area contributed by atoms with E-state index in [0.717, 1.165) is 19.3 Å². The van der Waals surface area contributed by atoms with E-state index in [4.69, 9.17) is 10.2 Å². The van der Waals surface area contributed by atoms with E-state index >= 15 is 0 Å². The van der Waals surface area contributed by atoms with Gasteiger partial charge in [0.05, 0.1) is 5.92 Å². The Morgan fingerprint density at radius 1 is 1.12 bits per heavy atom. The summed E-state index contributed by atoms with van der Waals surface area (Å²) in [7, 11) is 0. The molecule has 0 spiro atoms. The largest absolute Gasteiger partial charge is 0.481 e. The van der Waals surface area contributed by atoms with Gasteiger partial charge >= 0.3 is 5.97 Å². The van der Waals surface area contributed by atoms with Crippen molar-refractivity contribution >= 4 is 5.97 Å². The van der Waals surface area contributed by atoms with Crippen molar-refractivity contribution in [3.05, 3.63) is 5.92 Å². The first-order valence-corrected chi connectivity index (χ1v) is 6.91. The molecule has 1 aliphatic rings. The van der Waals surface area contributed by atoms with Crippen LogP contribution < -0.4 is 0 Å². The topological polar surface area (TPSA) is 57.5 Å². The van der Waals surface area contributed by atoms with Crippen LogP contribution in [0, 0.1) is 11.8 Å². The molecule has 0 amide bonds. The highest BCUT2D eigenvalue weighted by Gasteiger charge is 2.18. The number of hydrogen-bond acceptors (Lipinski definition) is 2. The predicted molar refractivity (Wildman–Crippen MR) is 67.6 cm³/mol. The SMILES string of the molecule is O=C(O)C(CCCO)CCC[C]1CCCCC1. The molecule has 1 atom stereocenters. The maximum atomic E-state index is 11.0. The zero-order valence-corrected chi connectivity index (χ0v) is 10.7. The third-order valence-corrected chi connectivity index (χ3v) is 3.70. The number of carbonyl (C=O) groups is 1. The summed E-state index contributed by atoms with van der Waals surface area (Å²) in [5.74, 6) is 0.681. The van der Waals surface area contributed by atoms with Crippen LogP contribution in [-0.4, -0.2) is 22.8 Å². The molecule has 0 aromatic carbocycles. The molecule has 0 aromatic heterocycles. The van der Waals surface area contributed by atoms with Gasteiger partial charge in [-0.2, -0.15) is 0 Å². The van der Waals surface area contributed by atoms with Crippen molar-refractivity contribution < 1.29 is 15.0 Å². The number of carboxylic acid groups (broad SMARTS) is 1. The molecule has 1 fully saturated rings. The first-order chi connectivity index (χ1) is 8.24. The van der Waals surface area contributed by atoms with Crippen LogP contribution in [0.1, 0.15) is 64.2 Å². The zero-order chi connectivity index (χ0) is 12.5. The van der Waals surface area contributed by atoms with Gasteiger partial charge in [0.1, 0.15) is 0 Å². The van der Waals surface area contributed by atoms with E-state index in [1.165, 1.54) is 32.1 Å². The summed E-state index contributed by atoms with van der Waals surface area (Å²) in [4.78, 5) is 11.0. The number of aliphatic carboxylic acids is 1. The molecule has 0 saturated heterocycles. The fourth-order valence-electron chi connectivity index (χ4n) is 2.63. The maximum absolute atomic E-state index is 11.0. The summed E-state index contributed by atoms with van der Waals surface area (Å²) in [6.07, 6.45) is 10.6. The minimum atomic E-state index is -0.702. The normalized spacial score (nSPS) is 19.1. The molecule has 2 N–H and O–H groups in total. The van der Waals surface area contributed by atoms with E-state index in [-0.39, 0.29) is 12.5 Å². The van der Waals surface area contributed by atoms with Crippen LogP contribution >= 0.6 is 0 Å². The number of aliphatic hydroxyl groups excluding tert-OH is 1. The van der Waals surface area contributed by atoms with Gasteiger partial charge in [-0.05, 0) is 44.4 Å². The molecule has 0 aliphatic heterocycles. The van der Waals surface area contributed by atoms with Crippen LogP contribution in [0.15, 0.2) is 0 Å². The Balaban J connectivity index is 2.14. The van der Waals surface area contributed by atoms with E-state index < -0.39 is 5.97 Å². The second kappa shape index (κ2) is 8.51. The minimum absolute atomic E-state index is 0.0984. The average molecular weight is 241 g/mol. The van der Waals surface area contributed by atoms with Gasteiger partial charge in [0.2, 0.25) is 0 Å². The molecule has 0 aromatic rings. The molecule has 99 valence electrons. The Morgan fingerprint density at radius 2 is 1.76 bits per heavy atom. The Hall–Kier alpha value is -0.570. The van der Waals surface area contributed by atoms with Crippen LogP contribution in [0.25, 0.3) is 0 Å². The molecule has 0 bridgehead atoms. The van der Waals surface area contributed by atoms with Crippen molar-refractivity contribution in [2.45, 2.75) is 64.2 Å². The van der Waals surface area contributed by atoms with Crippen LogP contribution in [-0.2, 0) is 4.79 Å². The summed E-state index contributed by atoms with van der Waals surface area (Å²) in [6.45, 7) is 0.0984. The molecule has 3 heteroatoms. The zero-order valence-electron chi connectivity index (χ0n) is 10.7. The lowest BCUT2D eigenvalue weighted by molar-refractivity contribution is -0.142. The van der Waals surface area contributed by atoms with E-state index in [9.17, 15) is 4.79 Å². The molecule has 1 aliphatic carbocycles. The number of carboxylic acids is 1. The van der Waals surface area contributed by atoms with Crippen molar-refractivity contribution in [2.75, 3.05) is 6.61 Å². The van der Waals surface area contributed by atoms with Gasteiger partial charge in [-0.15, -0.1) is 0 Å². The number of aliphatic hydroxyl groups is 1. The average Bonchev–Trinajstić information content (AvgIpc) is 2.34. The monoisotopic (exact) mass is 241 g/mol. The predicted octanol–water partition coefficient (Wildman–Crippen LogP) is 3.17. The molecule has 3 nitrogen and oxygen atoms in total. The van der Waals surface area contributed by atoms with Gasteiger partial charge in [-0.25, -0.2) is 0 Å². The molecule has 0 heterocycles. The highest BCUT2D eigenvalue weighted by Crippen LogP contribution is 2.30. The molecule has 17 heavy (non-hydrogen) atoms. The molecule has 1 radical (unpaired) electrons. The van der Waals surface area contributed by atoms with Crippen molar-refractivity contribution in [3.8, 4) is 0 Å². The van der Waals surface area contributed by atoms with Crippen LogP contribution in [0.2, 0.25) is 0 Å². The lowest BCUT2D eigenvalue weighted by atomic mass is 9.84. The number of rotatable bonds is 8. The molecule has 1 unspecified atom stereocenters. The summed E-state index contributed by atoms with van der Waals surface area (Å²) >= 11 is 0. The smallest absolute Gasteiger partial charge is 0.306 e. The highest BCUT2D eigenvalue weighted by molar-refractivity contribution is 5.69. The molecule has 1 rings (SSSR count). The maximum Gasteiger partial charge on any atom is 0.306 e. The molecular formula is C14H25O3. The fraction of sp³-hybridized carbons (Fsp3) is 0.857. The summed E-state index contributed by atoms with van der Waals surface area (Å²) in [6, 6.07) is 0. The van der Waals surface area contributed by atoms with Crippen molar-refractivity contribution in [3.63, 3.8) is 0 Å². The first-order valence-electron chi connectivity index (χ1n) is 6.91. The van der Waals surface area contributed by atoms with E-state index in [1.807, 2.05) is 0 Å². The Kier molecular flexibility index (Phi) is 7.25. The van der Waals surface area contributed by atoms with E-state index in [0.29, 0.717) is 12.8 Å². The minimum Gasteiger partial charge on any atom is -0.481 e. The van der Waals surface area contributed by atoms with Crippen molar-refractivity contribution in [1.29, 1.82) is 0 Å². The second-order valence-electron chi connectivity index (χ2n) is 5.10. The number of hydrogen-bond donors (Lipinski definition) is 2. The third-order valence-electron chi connectivity index (χ3n) is 3.70. The van der Waals surface area contributed by atoms with Gasteiger partial charge < -0.3 is 10.2 Å². The second-order valence-corrected chi connectivity index (χ2v) is 5.10. The van der Waals surface area contributed by atoms with E-state index in [2.05, 4.69) is 0 Å². The Labute approximate surface area is 104 Å². The lowest BCUT2D eigenvalue weighted by Crippen LogP contribution is -2.15. The van der Waals surface area contributed by atoms with Gasteiger partial charge in [0.25, 0.3) is 0 Å². The summed E-state index contributed by atoms with van der Waals surface area (Å²) < 4.78 is 0. The summed E-state index contributed by atoms with van der Waals surface area (Å²) in [5, 5.41) is 17.8. The van der Waals surface area contributed by atoms with Crippen LogP contribution in [0.4, 0.5) is 0 Å². The van der Waals surface area contributed by atoms with Gasteiger partial charge in [0.15, 0.2) is 0 Å². The lowest BCUT2D eigenvalue weighted by Gasteiger charge is -2.21. The van der Waals surface area contributed by atoms with Gasteiger partial charge in [-0.1, -0.05) is 25.7 Å².